The van der Waals surface area contributed by atoms with E-state index < -0.39 is 0 Å². The summed E-state index contributed by atoms with van der Waals surface area (Å²) in [5.41, 5.74) is 4.50. The lowest BCUT2D eigenvalue weighted by Crippen LogP contribution is -2.20. The molecule has 136 valence electrons. The smallest absolute Gasteiger partial charge is 0.241 e. The first-order valence-corrected chi connectivity index (χ1v) is 9.28. The highest BCUT2D eigenvalue weighted by molar-refractivity contribution is 5.96. The van der Waals surface area contributed by atoms with E-state index in [1.54, 1.807) is 0 Å². The van der Waals surface area contributed by atoms with Crippen LogP contribution in [-0.2, 0) is 10.2 Å². The van der Waals surface area contributed by atoms with E-state index in [2.05, 4.69) is 57.2 Å². The predicted molar refractivity (Wildman–Crippen MR) is 111 cm³/mol. The Hall–Kier alpha value is -3.07. The van der Waals surface area contributed by atoms with Crippen molar-refractivity contribution in [1.29, 1.82) is 0 Å². The summed E-state index contributed by atoms with van der Waals surface area (Å²) in [5, 5.41) is 6.74. The van der Waals surface area contributed by atoms with Crippen LogP contribution in [0.3, 0.4) is 0 Å². The molecule has 3 nitrogen and oxygen atoms in total. The molecule has 0 radical (unpaired) electrons. The summed E-state index contributed by atoms with van der Waals surface area (Å²) in [7, 11) is 0. The van der Waals surface area contributed by atoms with Gasteiger partial charge in [-0.05, 0) is 35.2 Å². The van der Waals surface area contributed by atoms with E-state index >= 15 is 0 Å². The van der Waals surface area contributed by atoms with Crippen LogP contribution in [0.1, 0.15) is 43.7 Å². The van der Waals surface area contributed by atoms with E-state index in [0.717, 1.165) is 16.8 Å². The number of benzene rings is 3. The largest absolute Gasteiger partial charge is 0.446 e. The highest BCUT2D eigenvalue weighted by atomic mass is 16.5. The van der Waals surface area contributed by atoms with Gasteiger partial charge >= 0.3 is 0 Å². The average molecular weight is 356 g/mol. The maximum Gasteiger partial charge on any atom is 0.241 e. The molecule has 3 aromatic carbocycles. The van der Waals surface area contributed by atoms with Gasteiger partial charge < -0.3 is 4.74 Å². The Balaban J connectivity index is 1.71. The molecule has 1 aliphatic rings. The molecular weight excluding hydrogens is 332 g/mol. The number of para-hydroxylation sites is 1. The monoisotopic (exact) mass is 356 g/mol. The molecule has 0 spiro atoms. The summed E-state index contributed by atoms with van der Waals surface area (Å²) in [6.07, 6.45) is -0.281. The Bertz CT molecular complexity index is 926. The van der Waals surface area contributed by atoms with Gasteiger partial charge in [-0.25, -0.2) is 5.01 Å². The van der Waals surface area contributed by atoms with E-state index in [9.17, 15) is 0 Å². The molecule has 4 rings (SSSR count). The molecule has 1 atom stereocenters. The Morgan fingerprint density at radius 2 is 1.37 bits per heavy atom. The van der Waals surface area contributed by atoms with Gasteiger partial charge in [-0.15, -0.1) is 5.10 Å². The number of ether oxygens (including phenoxy) is 1. The first kappa shape index (κ1) is 17.3. The third-order valence-corrected chi connectivity index (χ3v) is 4.75. The van der Waals surface area contributed by atoms with Crippen molar-refractivity contribution in [2.45, 2.75) is 32.4 Å². The van der Waals surface area contributed by atoms with Crippen LogP contribution in [0.2, 0.25) is 0 Å². The fourth-order valence-corrected chi connectivity index (χ4v) is 3.17. The fraction of sp³-hybridized carbons (Fsp3) is 0.208. The predicted octanol–water partition coefficient (Wildman–Crippen LogP) is 5.88. The van der Waals surface area contributed by atoms with Gasteiger partial charge in [0.05, 0.1) is 5.69 Å². The van der Waals surface area contributed by atoms with E-state index in [1.165, 1.54) is 5.56 Å². The molecule has 0 saturated heterocycles. The van der Waals surface area contributed by atoms with Crippen molar-refractivity contribution >= 4 is 11.6 Å². The second kappa shape index (κ2) is 6.92. The minimum absolute atomic E-state index is 0.125. The minimum Gasteiger partial charge on any atom is -0.446 e. The zero-order valence-electron chi connectivity index (χ0n) is 16.0. The Morgan fingerprint density at radius 3 is 1.96 bits per heavy atom. The molecule has 1 heterocycles. The van der Waals surface area contributed by atoms with E-state index in [0.29, 0.717) is 5.90 Å². The number of nitrogens with zero attached hydrogens (tertiary/aromatic N) is 2. The lowest BCUT2D eigenvalue weighted by molar-refractivity contribution is 0.218. The van der Waals surface area contributed by atoms with Crippen molar-refractivity contribution in [3.8, 4) is 0 Å². The molecule has 1 aliphatic heterocycles. The zero-order chi connectivity index (χ0) is 18.9. The highest BCUT2D eigenvalue weighted by Crippen LogP contribution is 2.35. The van der Waals surface area contributed by atoms with Crippen LogP contribution in [0, 0.1) is 0 Å². The van der Waals surface area contributed by atoms with Crippen LogP contribution in [-0.4, -0.2) is 5.90 Å². The number of rotatable bonds is 3. The van der Waals surface area contributed by atoms with Gasteiger partial charge in [-0.3, -0.25) is 0 Å². The van der Waals surface area contributed by atoms with Crippen LogP contribution in [0.25, 0.3) is 0 Å². The summed E-state index contributed by atoms with van der Waals surface area (Å²) < 4.78 is 6.30. The maximum atomic E-state index is 6.30. The molecule has 3 aromatic rings. The number of hydrazone groups is 1. The Morgan fingerprint density at radius 1 is 0.778 bits per heavy atom. The molecule has 0 N–H and O–H groups in total. The molecule has 0 aliphatic carbocycles. The van der Waals surface area contributed by atoms with Crippen LogP contribution in [0.15, 0.2) is 90.0 Å². The van der Waals surface area contributed by atoms with E-state index in [4.69, 9.17) is 9.84 Å². The maximum absolute atomic E-state index is 6.30. The van der Waals surface area contributed by atoms with Crippen molar-refractivity contribution in [1.82, 2.24) is 0 Å². The molecule has 3 heteroatoms. The van der Waals surface area contributed by atoms with Gasteiger partial charge in [0.2, 0.25) is 12.1 Å². The second-order valence-corrected chi connectivity index (χ2v) is 7.79. The number of hydrogen-bond acceptors (Lipinski definition) is 3. The Kier molecular flexibility index (Phi) is 4.44. The lowest BCUT2D eigenvalue weighted by atomic mass is 9.86. The van der Waals surface area contributed by atoms with Crippen molar-refractivity contribution < 1.29 is 4.74 Å². The fourth-order valence-electron chi connectivity index (χ4n) is 3.17. The molecule has 27 heavy (non-hydrogen) atoms. The van der Waals surface area contributed by atoms with Gasteiger partial charge in [-0.1, -0.05) is 81.4 Å². The van der Waals surface area contributed by atoms with E-state index in [-0.39, 0.29) is 11.6 Å². The zero-order valence-corrected chi connectivity index (χ0v) is 16.0. The minimum atomic E-state index is -0.281. The van der Waals surface area contributed by atoms with Crippen LogP contribution in [0.4, 0.5) is 5.69 Å². The van der Waals surface area contributed by atoms with Crippen molar-refractivity contribution in [3.63, 3.8) is 0 Å². The molecular formula is C24H24N2O. The number of hydrogen-bond donors (Lipinski definition) is 0. The average Bonchev–Trinajstić information content (AvgIpc) is 3.14. The van der Waals surface area contributed by atoms with Crippen LogP contribution in [0.5, 0.6) is 0 Å². The second-order valence-electron chi connectivity index (χ2n) is 7.79. The summed E-state index contributed by atoms with van der Waals surface area (Å²) >= 11 is 0. The standard InChI is InChI=1S/C24H24N2O/c1-24(2,3)20-16-14-19(15-17-20)23-26(21-12-8-5-9-13-21)25-22(27-23)18-10-6-4-7-11-18/h4-17,23H,1-3H3. The van der Waals surface area contributed by atoms with Gasteiger partial charge in [0.1, 0.15) is 0 Å². The Labute approximate surface area is 160 Å². The first-order chi connectivity index (χ1) is 13.0. The molecule has 0 fully saturated rings. The molecule has 0 bridgehead atoms. The number of anilines is 1. The van der Waals surface area contributed by atoms with E-state index in [1.807, 2.05) is 53.5 Å². The van der Waals surface area contributed by atoms with Crippen LogP contribution < -0.4 is 5.01 Å². The van der Waals surface area contributed by atoms with Crippen molar-refractivity contribution in [3.05, 3.63) is 102 Å². The quantitative estimate of drug-likeness (QED) is 0.585. The molecule has 0 aromatic heterocycles. The molecule has 0 amide bonds. The van der Waals surface area contributed by atoms with Gasteiger partial charge in [-0.2, -0.15) is 0 Å². The summed E-state index contributed by atoms with van der Waals surface area (Å²) in [6, 6.07) is 28.8. The van der Waals surface area contributed by atoms with Crippen molar-refractivity contribution in [2.75, 3.05) is 5.01 Å². The third-order valence-electron chi connectivity index (χ3n) is 4.75. The summed E-state index contributed by atoms with van der Waals surface area (Å²) in [5.74, 6) is 0.643. The summed E-state index contributed by atoms with van der Waals surface area (Å²) in [4.78, 5) is 0. The van der Waals surface area contributed by atoms with Gasteiger partial charge in [0.25, 0.3) is 0 Å². The first-order valence-electron chi connectivity index (χ1n) is 9.28. The molecule has 0 saturated carbocycles. The van der Waals surface area contributed by atoms with Crippen molar-refractivity contribution in [2.24, 2.45) is 5.10 Å². The SMILES string of the molecule is CC(C)(C)c1ccc(C2OC(c3ccccc3)=NN2c2ccccc2)cc1. The van der Waals surface area contributed by atoms with Gasteiger partial charge in [0, 0.05) is 11.1 Å². The van der Waals surface area contributed by atoms with Crippen LogP contribution >= 0.6 is 0 Å². The highest BCUT2D eigenvalue weighted by Gasteiger charge is 2.31. The topological polar surface area (TPSA) is 24.8 Å². The molecule has 1 unspecified atom stereocenters. The van der Waals surface area contributed by atoms with Gasteiger partial charge in [0.15, 0.2) is 0 Å². The normalized spacial score (nSPS) is 16.8. The third kappa shape index (κ3) is 3.59. The summed E-state index contributed by atoms with van der Waals surface area (Å²) in [6.45, 7) is 6.67. The lowest BCUT2D eigenvalue weighted by Gasteiger charge is -2.24.